The van der Waals surface area contributed by atoms with E-state index in [1.165, 1.54) is 0 Å². The maximum atomic E-state index is 13.3. The number of fused-ring (bicyclic) bond motifs is 4. The van der Waals surface area contributed by atoms with Gasteiger partial charge in [-0.1, -0.05) is 36.0 Å². The summed E-state index contributed by atoms with van der Waals surface area (Å²) in [6.07, 6.45) is -8.92. The maximum absolute atomic E-state index is 13.3. The van der Waals surface area contributed by atoms with Crippen molar-refractivity contribution < 1.29 is 31.1 Å². The zero-order chi connectivity index (χ0) is 33.2. The van der Waals surface area contributed by atoms with E-state index in [0.29, 0.717) is 35.0 Å². The predicted molar refractivity (Wildman–Crippen MR) is 176 cm³/mol. The number of anilines is 2. The zero-order valence-electron chi connectivity index (χ0n) is 25.3. The Kier molecular flexibility index (Phi) is 7.50. The second-order valence-electron chi connectivity index (χ2n) is 12.0. The molecule has 0 spiro atoms. The molecule has 0 atom stereocenters. The highest BCUT2D eigenvalue weighted by Crippen LogP contribution is 2.50. The number of nitrogens with zero attached hydrogens (tertiary/aromatic N) is 2. The first-order chi connectivity index (χ1) is 23.0. The zero-order valence-corrected chi connectivity index (χ0v) is 26.1. The summed E-state index contributed by atoms with van der Waals surface area (Å²) in [6, 6.07) is 25.0. The number of morpholine rings is 1. The largest absolute Gasteiger partial charge is 0.431 e. The van der Waals surface area contributed by atoms with Crippen LogP contribution in [0.15, 0.2) is 94.7 Å². The molecule has 0 amide bonds. The Morgan fingerprint density at radius 3 is 1.52 bits per heavy atom. The number of benzene rings is 4. The Morgan fingerprint density at radius 2 is 1.04 bits per heavy atom. The van der Waals surface area contributed by atoms with Crippen molar-refractivity contribution in [1.29, 1.82) is 0 Å². The van der Waals surface area contributed by atoms with Crippen LogP contribution < -0.4 is 4.90 Å². The van der Waals surface area contributed by atoms with Gasteiger partial charge in [-0.2, -0.15) is 26.3 Å². The molecule has 2 aliphatic heterocycles. The number of hydrogen-bond acceptors (Lipinski definition) is 4. The van der Waals surface area contributed by atoms with Gasteiger partial charge in [0.05, 0.1) is 24.6 Å². The van der Waals surface area contributed by atoms with E-state index in [0.717, 1.165) is 81.7 Å². The number of alkyl halides is 6. The highest BCUT2D eigenvalue weighted by atomic mass is 32.2. The topological polar surface area (TPSA) is 47.3 Å². The third-order valence-corrected chi connectivity index (χ3v) is 10.1. The molecule has 2 aromatic heterocycles. The first-order valence-corrected chi connectivity index (χ1v) is 16.3. The minimum Gasteiger partial charge on any atom is -0.379 e. The lowest BCUT2D eigenvalue weighted by Crippen LogP contribution is -2.41. The van der Waals surface area contributed by atoms with E-state index in [1.54, 1.807) is 36.0 Å². The van der Waals surface area contributed by atoms with Gasteiger partial charge in [0.25, 0.3) is 0 Å². The lowest BCUT2D eigenvalue weighted by Gasteiger charge is -2.36. The minimum absolute atomic E-state index is 0.418. The summed E-state index contributed by atoms with van der Waals surface area (Å²) in [5, 5.41) is 0.961. The number of ether oxygens (including phenoxy) is 1. The van der Waals surface area contributed by atoms with Crippen LogP contribution in [0.1, 0.15) is 11.4 Å². The van der Waals surface area contributed by atoms with Crippen molar-refractivity contribution in [2.24, 2.45) is 0 Å². The molecule has 2 N–H and O–H groups in total. The molecule has 0 radical (unpaired) electrons. The minimum atomic E-state index is -4.46. The highest BCUT2D eigenvalue weighted by Gasteiger charge is 2.33. The highest BCUT2D eigenvalue weighted by molar-refractivity contribution is 7.99. The average molecular weight is 679 g/mol. The summed E-state index contributed by atoms with van der Waals surface area (Å²) in [6.45, 7) is 4.66. The normalized spacial score (nSPS) is 15.7. The van der Waals surface area contributed by atoms with Crippen LogP contribution in [0.3, 0.4) is 0 Å². The van der Waals surface area contributed by atoms with Crippen LogP contribution in [0.25, 0.3) is 44.1 Å². The van der Waals surface area contributed by atoms with Gasteiger partial charge in [0.15, 0.2) is 0 Å². The van der Waals surface area contributed by atoms with E-state index in [2.05, 4.69) is 44.0 Å². The van der Waals surface area contributed by atoms with Crippen molar-refractivity contribution in [3.63, 3.8) is 0 Å². The molecule has 48 heavy (non-hydrogen) atoms. The van der Waals surface area contributed by atoms with Crippen LogP contribution in [0.2, 0.25) is 0 Å². The fraction of sp³-hybridized carbons (Fsp3) is 0.222. The van der Waals surface area contributed by atoms with Crippen molar-refractivity contribution in [2.45, 2.75) is 22.1 Å². The Balaban J connectivity index is 1.16. The van der Waals surface area contributed by atoms with E-state index in [1.807, 2.05) is 24.3 Å². The molecule has 1 saturated heterocycles. The number of hydrogen-bond donors (Lipinski definition) is 2. The van der Waals surface area contributed by atoms with Crippen molar-refractivity contribution in [3.8, 4) is 22.3 Å². The lowest BCUT2D eigenvalue weighted by molar-refractivity contribution is -0.141. The fourth-order valence-electron chi connectivity index (χ4n) is 6.48. The summed E-state index contributed by atoms with van der Waals surface area (Å²) < 4.78 is 85.6. The van der Waals surface area contributed by atoms with Crippen LogP contribution in [0.5, 0.6) is 0 Å². The SMILES string of the molecule is FC(F)(F)c1cc2cc(-c3ccc4c(c3)Sc3cc(-c5ccc6[nH]c(C(F)(F)F)cc6c5)ccc3N4CCN3CCOCC3)ccc2[nH]1. The summed E-state index contributed by atoms with van der Waals surface area (Å²) in [5.41, 5.74) is 4.70. The molecule has 1 fully saturated rings. The second kappa shape index (κ2) is 11.6. The summed E-state index contributed by atoms with van der Waals surface area (Å²) in [4.78, 5) is 11.6. The van der Waals surface area contributed by atoms with Gasteiger partial charge in [-0.25, -0.2) is 0 Å². The molecular formula is C36H28F6N4OS. The molecule has 0 saturated carbocycles. The van der Waals surface area contributed by atoms with Crippen LogP contribution in [0, 0.1) is 0 Å². The van der Waals surface area contributed by atoms with Crippen LogP contribution >= 0.6 is 11.8 Å². The molecule has 5 nitrogen and oxygen atoms in total. The molecule has 4 aromatic carbocycles. The molecule has 12 heteroatoms. The average Bonchev–Trinajstić information content (AvgIpc) is 3.71. The number of rotatable bonds is 5. The van der Waals surface area contributed by atoms with E-state index in [4.69, 9.17) is 4.74 Å². The smallest absolute Gasteiger partial charge is 0.379 e. The first-order valence-electron chi connectivity index (χ1n) is 15.4. The van der Waals surface area contributed by atoms with Crippen LogP contribution in [-0.4, -0.2) is 54.3 Å². The standard InChI is InChI=1S/C36H28F6N4OS/c37-35(38,39)33-19-25-15-21(1-5-27(25)43-33)23-3-7-29-31(17-23)48-32-18-24(4-8-30(32)46(29)10-9-45-11-13-47-14-12-45)22-2-6-28-26(16-22)20-34(44-28)36(40,41)42/h1-8,15-20,43-44H,9-14H2. The van der Waals surface area contributed by atoms with Gasteiger partial charge in [0.1, 0.15) is 11.4 Å². The Bertz CT molecular complexity index is 2020. The Hall–Kier alpha value is -4.39. The van der Waals surface area contributed by atoms with Crippen molar-refractivity contribution in [3.05, 3.63) is 96.3 Å². The third-order valence-electron chi connectivity index (χ3n) is 8.98. The van der Waals surface area contributed by atoms with Gasteiger partial charge in [-0.3, -0.25) is 4.90 Å². The Labute approximate surface area is 275 Å². The molecule has 0 bridgehead atoms. The Morgan fingerprint density at radius 1 is 0.583 bits per heavy atom. The van der Waals surface area contributed by atoms with Crippen molar-refractivity contribution >= 4 is 44.9 Å². The molecule has 246 valence electrons. The predicted octanol–water partition coefficient (Wildman–Crippen LogP) is 9.96. The maximum Gasteiger partial charge on any atom is 0.431 e. The van der Waals surface area contributed by atoms with Crippen LogP contribution in [-0.2, 0) is 17.1 Å². The molecule has 0 unspecified atom stereocenters. The number of H-pyrrole nitrogens is 2. The number of nitrogens with one attached hydrogen (secondary N) is 2. The molecule has 6 aromatic rings. The number of halogens is 6. The fourth-order valence-corrected chi connectivity index (χ4v) is 7.66. The van der Waals surface area contributed by atoms with E-state index < -0.39 is 23.7 Å². The monoisotopic (exact) mass is 678 g/mol. The third kappa shape index (κ3) is 5.82. The van der Waals surface area contributed by atoms with E-state index in [-0.39, 0.29) is 0 Å². The molecule has 2 aliphatic rings. The molecule has 8 rings (SSSR count). The van der Waals surface area contributed by atoms with Crippen LogP contribution in [0.4, 0.5) is 37.7 Å². The second-order valence-corrected chi connectivity index (χ2v) is 13.1. The lowest BCUT2D eigenvalue weighted by atomic mass is 10.0. The summed E-state index contributed by atoms with van der Waals surface area (Å²) in [5.74, 6) is 0. The van der Waals surface area contributed by atoms with Gasteiger partial charge < -0.3 is 19.6 Å². The summed E-state index contributed by atoms with van der Waals surface area (Å²) >= 11 is 1.60. The van der Waals surface area contributed by atoms with Gasteiger partial charge >= 0.3 is 12.4 Å². The van der Waals surface area contributed by atoms with Gasteiger partial charge in [0, 0.05) is 57.8 Å². The number of aromatic amines is 2. The van der Waals surface area contributed by atoms with Gasteiger partial charge in [-0.05, 0) is 82.9 Å². The molecule has 0 aliphatic carbocycles. The first kappa shape index (κ1) is 30.9. The van der Waals surface area contributed by atoms with E-state index >= 15 is 0 Å². The van der Waals surface area contributed by atoms with E-state index in [9.17, 15) is 26.3 Å². The van der Waals surface area contributed by atoms with Gasteiger partial charge in [-0.15, -0.1) is 0 Å². The quantitative estimate of drug-likeness (QED) is 0.178. The molecule has 4 heterocycles. The van der Waals surface area contributed by atoms with Gasteiger partial charge in [0.2, 0.25) is 0 Å². The van der Waals surface area contributed by atoms with Crippen molar-refractivity contribution in [1.82, 2.24) is 14.9 Å². The number of aromatic nitrogens is 2. The molecular weight excluding hydrogens is 650 g/mol. The van der Waals surface area contributed by atoms with Crippen molar-refractivity contribution in [2.75, 3.05) is 44.3 Å². The summed E-state index contributed by atoms with van der Waals surface area (Å²) in [7, 11) is 0.